The number of urea groups is 1. The quantitative estimate of drug-likeness (QED) is 0.774. The molecule has 1 aliphatic rings. The van der Waals surface area contributed by atoms with Crippen molar-refractivity contribution in [2.24, 2.45) is 0 Å². The molecule has 8 nitrogen and oxygen atoms in total. The first-order valence-electron chi connectivity index (χ1n) is 9.19. The van der Waals surface area contributed by atoms with Crippen LogP contribution in [0.15, 0.2) is 47.4 Å². The second-order valence-electron chi connectivity index (χ2n) is 6.60. The Morgan fingerprint density at radius 2 is 1.68 bits per heavy atom. The van der Waals surface area contributed by atoms with Gasteiger partial charge in [-0.05, 0) is 29.8 Å². The van der Waals surface area contributed by atoms with Crippen molar-refractivity contribution in [1.82, 2.24) is 19.8 Å². The molecule has 0 spiro atoms. The first-order valence-corrected chi connectivity index (χ1v) is 10.6. The van der Waals surface area contributed by atoms with Crippen LogP contribution >= 0.6 is 0 Å². The fraction of sp³-hybridized carbons (Fsp3) is 0.368. The number of hydrogen-bond acceptors (Lipinski definition) is 5. The lowest BCUT2D eigenvalue weighted by Gasteiger charge is -2.33. The lowest BCUT2D eigenvalue weighted by atomic mass is 10.1. The number of carbonyl (C=O) groups excluding carboxylic acids is 2. The smallest absolute Gasteiger partial charge is 0.321 e. The number of fused-ring (bicyclic) bond motifs is 1. The maximum atomic E-state index is 13.0. The molecule has 28 heavy (non-hydrogen) atoms. The number of rotatable bonds is 5. The van der Waals surface area contributed by atoms with Crippen molar-refractivity contribution in [2.45, 2.75) is 11.8 Å². The van der Waals surface area contributed by atoms with E-state index in [1.165, 1.54) is 4.31 Å². The van der Waals surface area contributed by atoms with Gasteiger partial charge in [-0.2, -0.15) is 4.31 Å². The molecule has 9 heteroatoms. The summed E-state index contributed by atoms with van der Waals surface area (Å²) in [4.78, 5) is 25.4. The van der Waals surface area contributed by atoms with Crippen LogP contribution in [0.25, 0.3) is 10.8 Å². The van der Waals surface area contributed by atoms with E-state index < -0.39 is 22.0 Å². The van der Waals surface area contributed by atoms with Crippen LogP contribution in [0.2, 0.25) is 0 Å². The van der Waals surface area contributed by atoms with E-state index in [0.717, 1.165) is 10.8 Å². The summed E-state index contributed by atoms with van der Waals surface area (Å²) in [6.45, 7) is 3.70. The third-order valence-corrected chi connectivity index (χ3v) is 6.54. The van der Waals surface area contributed by atoms with Gasteiger partial charge in [-0.3, -0.25) is 15.0 Å². The zero-order valence-corrected chi connectivity index (χ0v) is 16.5. The van der Waals surface area contributed by atoms with Crippen molar-refractivity contribution in [3.63, 3.8) is 0 Å². The number of nitrogens with one attached hydrogen (secondary N) is 2. The van der Waals surface area contributed by atoms with Gasteiger partial charge in [0.1, 0.15) is 0 Å². The van der Waals surface area contributed by atoms with E-state index in [4.69, 9.17) is 0 Å². The molecule has 0 bridgehead atoms. The summed E-state index contributed by atoms with van der Waals surface area (Å²) >= 11 is 0. The summed E-state index contributed by atoms with van der Waals surface area (Å²) in [5.74, 6) is -0.406. The van der Waals surface area contributed by atoms with Gasteiger partial charge in [0.2, 0.25) is 15.9 Å². The highest BCUT2D eigenvalue weighted by Crippen LogP contribution is 2.22. The largest absolute Gasteiger partial charge is 0.338 e. The lowest BCUT2D eigenvalue weighted by Crippen LogP contribution is -2.52. The Labute approximate surface area is 164 Å². The molecular formula is C19H24N4O4S. The maximum Gasteiger partial charge on any atom is 0.321 e. The van der Waals surface area contributed by atoms with Crippen molar-refractivity contribution in [2.75, 3.05) is 39.3 Å². The summed E-state index contributed by atoms with van der Waals surface area (Å²) in [7, 11) is -3.59. The summed E-state index contributed by atoms with van der Waals surface area (Å²) in [5, 5.41) is 6.61. The molecule has 0 aromatic heterocycles. The molecule has 0 radical (unpaired) electrons. The summed E-state index contributed by atoms with van der Waals surface area (Å²) in [5.41, 5.74) is 0. The van der Waals surface area contributed by atoms with Gasteiger partial charge in [0.05, 0.1) is 11.4 Å². The molecule has 1 fully saturated rings. The summed E-state index contributed by atoms with van der Waals surface area (Å²) in [6.07, 6.45) is 0. The monoisotopic (exact) mass is 404 g/mol. The fourth-order valence-electron chi connectivity index (χ4n) is 3.18. The van der Waals surface area contributed by atoms with Crippen molar-refractivity contribution in [3.8, 4) is 0 Å². The molecule has 1 heterocycles. The molecule has 0 atom stereocenters. The minimum absolute atomic E-state index is 0.0565. The Bertz CT molecular complexity index is 969. The number of amides is 3. The summed E-state index contributed by atoms with van der Waals surface area (Å²) in [6, 6.07) is 12.2. The number of piperazine rings is 1. The first-order chi connectivity index (χ1) is 13.4. The number of sulfonamides is 1. The first kappa shape index (κ1) is 20.2. The van der Waals surface area contributed by atoms with Gasteiger partial charge in [0, 0.05) is 32.7 Å². The van der Waals surface area contributed by atoms with Gasteiger partial charge in [-0.25, -0.2) is 13.2 Å². The Kier molecular flexibility index (Phi) is 6.28. The van der Waals surface area contributed by atoms with E-state index >= 15 is 0 Å². The lowest BCUT2D eigenvalue weighted by molar-refractivity contribution is -0.121. The maximum absolute atomic E-state index is 13.0. The zero-order chi connectivity index (χ0) is 20.1. The number of nitrogens with zero attached hydrogens (tertiary/aromatic N) is 2. The number of benzene rings is 2. The number of carbonyl (C=O) groups is 2. The average molecular weight is 404 g/mol. The zero-order valence-electron chi connectivity index (χ0n) is 15.7. The molecule has 2 N–H and O–H groups in total. The Morgan fingerprint density at radius 3 is 2.36 bits per heavy atom. The molecule has 2 aromatic rings. The van der Waals surface area contributed by atoms with Crippen LogP contribution in [0, 0.1) is 0 Å². The second kappa shape index (κ2) is 8.68. The van der Waals surface area contributed by atoms with Gasteiger partial charge >= 0.3 is 6.03 Å². The van der Waals surface area contributed by atoms with Gasteiger partial charge < -0.3 is 5.32 Å². The SMILES string of the molecule is CCNC(=O)NC(=O)CN1CCN(S(=O)(=O)c2ccc3ccccc3c2)CC1. The molecule has 0 aliphatic carbocycles. The van der Waals surface area contributed by atoms with Crippen LogP contribution in [0.1, 0.15) is 6.92 Å². The molecule has 0 unspecified atom stereocenters. The van der Waals surface area contributed by atoms with Gasteiger partial charge in [0.25, 0.3) is 0 Å². The highest BCUT2D eigenvalue weighted by Gasteiger charge is 2.29. The predicted molar refractivity (Wildman–Crippen MR) is 106 cm³/mol. The van der Waals surface area contributed by atoms with Crippen LogP contribution in [-0.2, 0) is 14.8 Å². The minimum atomic E-state index is -3.59. The van der Waals surface area contributed by atoms with E-state index in [1.807, 2.05) is 35.2 Å². The van der Waals surface area contributed by atoms with Gasteiger partial charge in [0.15, 0.2) is 0 Å². The van der Waals surface area contributed by atoms with E-state index in [9.17, 15) is 18.0 Å². The third-order valence-electron chi connectivity index (χ3n) is 4.65. The fourth-order valence-corrected chi connectivity index (χ4v) is 4.64. The van der Waals surface area contributed by atoms with E-state index in [-0.39, 0.29) is 11.4 Å². The van der Waals surface area contributed by atoms with E-state index in [2.05, 4.69) is 10.6 Å². The number of imide groups is 1. The third kappa shape index (κ3) is 4.67. The standard InChI is InChI=1S/C19H24N4O4S/c1-2-20-19(25)21-18(24)14-22-9-11-23(12-10-22)28(26,27)17-8-7-15-5-3-4-6-16(15)13-17/h3-8,13H,2,9-12,14H2,1H3,(H2,20,21,24,25). The van der Waals surface area contributed by atoms with Crippen LogP contribution in [0.5, 0.6) is 0 Å². The average Bonchev–Trinajstić information content (AvgIpc) is 2.68. The minimum Gasteiger partial charge on any atom is -0.338 e. The number of hydrogen-bond donors (Lipinski definition) is 2. The predicted octanol–water partition coefficient (Wildman–Crippen LogP) is 0.992. The van der Waals surface area contributed by atoms with Gasteiger partial charge in [-0.1, -0.05) is 30.3 Å². The Balaban J connectivity index is 1.60. The highest BCUT2D eigenvalue weighted by molar-refractivity contribution is 7.89. The Morgan fingerprint density at radius 1 is 1.00 bits per heavy atom. The van der Waals surface area contributed by atoms with E-state index in [0.29, 0.717) is 32.7 Å². The van der Waals surface area contributed by atoms with Crippen LogP contribution in [0.3, 0.4) is 0 Å². The molecule has 1 aliphatic heterocycles. The molecule has 1 saturated heterocycles. The molecular weight excluding hydrogens is 380 g/mol. The van der Waals surface area contributed by atoms with Crippen LogP contribution < -0.4 is 10.6 Å². The van der Waals surface area contributed by atoms with E-state index in [1.54, 1.807) is 19.1 Å². The molecule has 3 rings (SSSR count). The van der Waals surface area contributed by atoms with Crippen molar-refractivity contribution < 1.29 is 18.0 Å². The highest BCUT2D eigenvalue weighted by atomic mass is 32.2. The van der Waals surface area contributed by atoms with Crippen LogP contribution in [0.4, 0.5) is 4.79 Å². The van der Waals surface area contributed by atoms with Crippen molar-refractivity contribution in [3.05, 3.63) is 42.5 Å². The molecule has 150 valence electrons. The van der Waals surface area contributed by atoms with Gasteiger partial charge in [-0.15, -0.1) is 0 Å². The van der Waals surface area contributed by atoms with Crippen molar-refractivity contribution >= 4 is 32.7 Å². The van der Waals surface area contributed by atoms with Crippen molar-refractivity contribution in [1.29, 1.82) is 0 Å². The summed E-state index contributed by atoms with van der Waals surface area (Å²) < 4.78 is 27.3. The topological polar surface area (TPSA) is 98.8 Å². The molecule has 0 saturated carbocycles. The molecule has 2 aromatic carbocycles. The molecule has 3 amide bonds. The second-order valence-corrected chi connectivity index (χ2v) is 8.53. The Hall–Kier alpha value is -2.49. The normalized spacial score (nSPS) is 16.0. The van der Waals surface area contributed by atoms with Crippen LogP contribution in [-0.4, -0.2) is 68.8 Å².